The van der Waals surface area contributed by atoms with E-state index in [1.165, 1.54) is 11.3 Å². The van der Waals surface area contributed by atoms with E-state index in [0.717, 1.165) is 18.1 Å². The van der Waals surface area contributed by atoms with Crippen molar-refractivity contribution in [2.75, 3.05) is 18.1 Å². The van der Waals surface area contributed by atoms with Crippen LogP contribution in [0.25, 0.3) is 0 Å². The van der Waals surface area contributed by atoms with Gasteiger partial charge in [-0.25, -0.2) is 0 Å². The summed E-state index contributed by atoms with van der Waals surface area (Å²) in [6.45, 7) is 6.91. The highest BCUT2D eigenvalue weighted by molar-refractivity contribution is 7.84. The van der Waals surface area contributed by atoms with Crippen LogP contribution >= 0.6 is 0 Å². The van der Waals surface area contributed by atoms with Gasteiger partial charge in [-0.1, -0.05) is 6.92 Å². The number of hydrogen-bond acceptors (Lipinski definition) is 3. The number of aromatic nitrogens is 2. The van der Waals surface area contributed by atoms with E-state index >= 15 is 0 Å². The Bertz CT molecular complexity index is 362. The molecule has 1 aromatic heterocycles. The van der Waals surface area contributed by atoms with E-state index in [0.29, 0.717) is 0 Å². The molecule has 0 fully saturated rings. The Labute approximate surface area is 99.9 Å². The molecule has 0 spiro atoms. The predicted molar refractivity (Wildman–Crippen MR) is 67.9 cm³/mol. The second-order valence-electron chi connectivity index (χ2n) is 3.92. The Morgan fingerprint density at radius 2 is 2.31 bits per heavy atom. The fourth-order valence-electron chi connectivity index (χ4n) is 1.58. The molecular weight excluding hydrogens is 222 g/mol. The first-order valence-corrected chi connectivity index (χ1v) is 7.12. The summed E-state index contributed by atoms with van der Waals surface area (Å²) >= 11 is 0. The van der Waals surface area contributed by atoms with Gasteiger partial charge in [0.25, 0.3) is 0 Å². The summed E-state index contributed by atoms with van der Waals surface area (Å²) in [4.78, 5) is 0. The maximum Gasteiger partial charge on any atom is 0.0540 e. The normalized spacial score (nSPS) is 15.0. The minimum Gasteiger partial charge on any atom is -0.309 e. The molecule has 0 aliphatic carbocycles. The molecule has 1 N–H and O–H groups in total. The molecule has 0 amide bonds. The lowest BCUT2D eigenvalue weighted by Crippen LogP contribution is -2.24. The zero-order valence-corrected chi connectivity index (χ0v) is 11.3. The number of aryl methyl sites for hydroxylation is 1. The highest BCUT2D eigenvalue weighted by Gasteiger charge is 2.11. The molecule has 0 aliphatic rings. The lowest BCUT2D eigenvalue weighted by atomic mass is 10.1. The summed E-state index contributed by atoms with van der Waals surface area (Å²) in [5.74, 6) is 1.46. The van der Waals surface area contributed by atoms with Crippen LogP contribution in [-0.2, 0) is 17.8 Å². The van der Waals surface area contributed by atoms with Gasteiger partial charge in [0.1, 0.15) is 0 Å². The molecule has 4 nitrogen and oxygen atoms in total. The van der Waals surface area contributed by atoms with Crippen LogP contribution in [0.4, 0.5) is 0 Å². The minimum absolute atomic E-state index is 0.266. The average molecular weight is 243 g/mol. The highest BCUT2D eigenvalue weighted by Crippen LogP contribution is 2.15. The Morgan fingerprint density at radius 1 is 1.62 bits per heavy atom. The van der Waals surface area contributed by atoms with Crippen LogP contribution in [0, 0.1) is 6.92 Å². The van der Waals surface area contributed by atoms with Gasteiger partial charge in [0.05, 0.1) is 6.20 Å². The molecule has 0 radical (unpaired) electrons. The molecule has 2 unspecified atom stereocenters. The smallest absolute Gasteiger partial charge is 0.0540 e. The minimum atomic E-state index is -0.683. The van der Waals surface area contributed by atoms with Crippen LogP contribution < -0.4 is 5.32 Å². The van der Waals surface area contributed by atoms with Gasteiger partial charge < -0.3 is 5.32 Å². The molecule has 1 heterocycles. The quantitative estimate of drug-likeness (QED) is 0.815. The van der Waals surface area contributed by atoms with Gasteiger partial charge in [-0.15, -0.1) is 0 Å². The third kappa shape index (κ3) is 3.42. The summed E-state index contributed by atoms with van der Waals surface area (Å²) < 4.78 is 13.1. The Balaban J connectivity index is 2.44. The molecule has 1 rings (SSSR count). The van der Waals surface area contributed by atoms with Gasteiger partial charge in [0, 0.05) is 53.2 Å². The van der Waals surface area contributed by atoms with Crippen LogP contribution in [0.3, 0.4) is 0 Å². The topological polar surface area (TPSA) is 46.9 Å². The fraction of sp³-hybridized carbons (Fsp3) is 0.727. The predicted octanol–water partition coefficient (Wildman–Crippen LogP) is 1.15. The summed E-state index contributed by atoms with van der Waals surface area (Å²) in [6, 6.07) is 0.266. The first kappa shape index (κ1) is 13.4. The molecule has 0 aromatic carbocycles. The number of hydrogen-bond donors (Lipinski definition) is 1. The van der Waals surface area contributed by atoms with Crippen molar-refractivity contribution < 1.29 is 4.21 Å². The van der Waals surface area contributed by atoms with Crippen molar-refractivity contribution in [3.63, 3.8) is 0 Å². The van der Waals surface area contributed by atoms with Gasteiger partial charge in [0.15, 0.2) is 0 Å². The first-order valence-electron chi connectivity index (χ1n) is 5.63. The van der Waals surface area contributed by atoms with E-state index in [4.69, 9.17) is 0 Å². The third-order valence-electron chi connectivity index (χ3n) is 2.84. The summed E-state index contributed by atoms with van der Waals surface area (Å²) in [6.07, 6.45) is 1.89. The van der Waals surface area contributed by atoms with E-state index in [9.17, 15) is 4.21 Å². The number of nitrogens with zero attached hydrogens (tertiary/aromatic N) is 2. The van der Waals surface area contributed by atoms with Crippen molar-refractivity contribution in [1.29, 1.82) is 0 Å². The molecule has 0 aliphatic heterocycles. The van der Waals surface area contributed by atoms with Crippen molar-refractivity contribution in [3.05, 3.63) is 17.5 Å². The molecule has 0 saturated heterocycles. The maximum absolute atomic E-state index is 11.3. The van der Waals surface area contributed by atoms with E-state index in [1.54, 1.807) is 0 Å². The summed E-state index contributed by atoms with van der Waals surface area (Å²) in [5.41, 5.74) is 2.39. The zero-order chi connectivity index (χ0) is 12.1. The third-order valence-corrected chi connectivity index (χ3v) is 4.15. The van der Waals surface area contributed by atoms with E-state index in [-0.39, 0.29) is 6.04 Å². The SMILES string of the molecule is CCS(=O)CCNC(C)c1cnn(C)c1C. The lowest BCUT2D eigenvalue weighted by molar-refractivity contribution is 0.592. The molecule has 1 aromatic rings. The largest absolute Gasteiger partial charge is 0.309 e. The van der Waals surface area contributed by atoms with Crippen molar-refractivity contribution in [2.45, 2.75) is 26.8 Å². The standard InChI is InChI=1S/C11H21N3OS/c1-5-16(15)7-6-12-9(2)11-8-13-14(4)10(11)3/h8-9,12H,5-7H2,1-4H3. The van der Waals surface area contributed by atoms with E-state index in [2.05, 4.69) is 24.3 Å². The zero-order valence-electron chi connectivity index (χ0n) is 10.5. The Morgan fingerprint density at radius 3 is 2.81 bits per heavy atom. The van der Waals surface area contributed by atoms with Crippen molar-refractivity contribution in [2.24, 2.45) is 7.05 Å². The van der Waals surface area contributed by atoms with Crippen molar-refractivity contribution in [3.8, 4) is 0 Å². The second kappa shape index (κ2) is 6.15. The molecule has 92 valence electrons. The van der Waals surface area contributed by atoms with Crippen molar-refractivity contribution >= 4 is 10.8 Å². The van der Waals surface area contributed by atoms with Crippen LogP contribution in [0.1, 0.15) is 31.1 Å². The molecule has 16 heavy (non-hydrogen) atoms. The van der Waals surface area contributed by atoms with Crippen LogP contribution in [0.2, 0.25) is 0 Å². The van der Waals surface area contributed by atoms with Gasteiger partial charge in [-0.05, 0) is 13.8 Å². The van der Waals surface area contributed by atoms with Crippen LogP contribution in [-0.4, -0.2) is 32.0 Å². The first-order chi connectivity index (χ1) is 7.56. The Kier molecular flexibility index (Phi) is 5.15. The molecule has 5 heteroatoms. The van der Waals surface area contributed by atoms with Gasteiger partial charge in [-0.2, -0.15) is 5.10 Å². The monoisotopic (exact) mass is 243 g/mol. The molecule has 0 bridgehead atoms. The summed E-state index contributed by atoms with van der Waals surface area (Å²) in [7, 11) is 1.26. The van der Waals surface area contributed by atoms with Crippen molar-refractivity contribution in [1.82, 2.24) is 15.1 Å². The molecular formula is C11H21N3OS. The average Bonchev–Trinajstić information content (AvgIpc) is 2.59. The van der Waals surface area contributed by atoms with Gasteiger partial charge in [-0.3, -0.25) is 8.89 Å². The number of rotatable bonds is 6. The van der Waals surface area contributed by atoms with Crippen LogP contribution in [0.5, 0.6) is 0 Å². The fourth-order valence-corrected chi connectivity index (χ4v) is 2.22. The maximum atomic E-state index is 11.3. The number of nitrogens with one attached hydrogen (secondary N) is 1. The van der Waals surface area contributed by atoms with E-state index < -0.39 is 10.8 Å². The summed E-state index contributed by atoms with van der Waals surface area (Å²) in [5, 5.41) is 7.59. The highest BCUT2D eigenvalue weighted by atomic mass is 32.2. The molecule has 2 atom stereocenters. The molecule has 0 saturated carbocycles. The lowest BCUT2D eigenvalue weighted by Gasteiger charge is -2.13. The second-order valence-corrected chi connectivity index (χ2v) is 5.78. The Hall–Kier alpha value is -0.680. The van der Waals surface area contributed by atoms with E-state index in [1.807, 2.05) is 24.9 Å². The van der Waals surface area contributed by atoms with Gasteiger partial charge in [0.2, 0.25) is 0 Å². The van der Waals surface area contributed by atoms with Crippen LogP contribution in [0.15, 0.2) is 6.20 Å². The van der Waals surface area contributed by atoms with Gasteiger partial charge >= 0.3 is 0 Å².